The van der Waals surface area contributed by atoms with Gasteiger partial charge in [0.2, 0.25) is 0 Å². The van der Waals surface area contributed by atoms with Crippen molar-refractivity contribution in [2.45, 2.75) is 43.8 Å². The Labute approximate surface area is 205 Å². The zero-order valence-electron chi connectivity index (χ0n) is 18.7. The average molecular weight is 570 g/mol. The van der Waals surface area contributed by atoms with Crippen LogP contribution in [0, 0.1) is 0 Å². The van der Waals surface area contributed by atoms with E-state index in [0.29, 0.717) is 51.8 Å². The predicted molar refractivity (Wildman–Crippen MR) is 130 cm³/mol. The Morgan fingerprint density at radius 2 is 1.94 bits per heavy atom. The minimum absolute atomic E-state index is 0. The van der Waals surface area contributed by atoms with Crippen molar-refractivity contribution in [3.8, 4) is 5.75 Å². The lowest BCUT2D eigenvalue weighted by Crippen LogP contribution is -2.50. The van der Waals surface area contributed by atoms with E-state index in [4.69, 9.17) is 9.47 Å². The van der Waals surface area contributed by atoms with Crippen molar-refractivity contribution in [2.75, 3.05) is 53.0 Å². The van der Waals surface area contributed by atoms with Gasteiger partial charge in [-0.25, -0.2) is 0 Å². The van der Waals surface area contributed by atoms with Crippen molar-refractivity contribution in [1.29, 1.82) is 0 Å². The average Bonchev–Trinajstić information content (AvgIpc) is 3.17. The molecule has 182 valence electrons. The standard InChI is InChI=1S/C22H33F3N4O2.HI/c1-3-31-19-6-4-17(5-7-19)21(9-12-30-13-10-21)15-27-20(26-2)28-18-8-11-29(14-18)16-22(23,24)25;/h4-7,18H,3,8-16H2,1-2H3,(H2,26,27,28);1H. The van der Waals surface area contributed by atoms with E-state index in [9.17, 15) is 13.2 Å². The third kappa shape index (κ3) is 7.65. The quantitative estimate of drug-likeness (QED) is 0.299. The Morgan fingerprint density at radius 1 is 1.25 bits per heavy atom. The number of ether oxygens (including phenoxy) is 2. The van der Waals surface area contributed by atoms with Crippen molar-refractivity contribution in [1.82, 2.24) is 15.5 Å². The van der Waals surface area contributed by atoms with Crippen molar-refractivity contribution < 1.29 is 22.6 Å². The van der Waals surface area contributed by atoms with Gasteiger partial charge in [-0.15, -0.1) is 24.0 Å². The van der Waals surface area contributed by atoms with Gasteiger partial charge >= 0.3 is 6.18 Å². The Balaban J connectivity index is 0.00000363. The smallest absolute Gasteiger partial charge is 0.401 e. The molecule has 1 unspecified atom stereocenters. The van der Waals surface area contributed by atoms with Gasteiger partial charge in [0.05, 0.1) is 13.2 Å². The first-order valence-corrected chi connectivity index (χ1v) is 10.9. The molecule has 2 fully saturated rings. The van der Waals surface area contributed by atoms with E-state index in [0.717, 1.165) is 18.6 Å². The highest BCUT2D eigenvalue weighted by Crippen LogP contribution is 2.35. The molecular formula is C22H34F3IN4O2. The molecule has 0 bridgehead atoms. The molecule has 2 aliphatic heterocycles. The van der Waals surface area contributed by atoms with Crippen LogP contribution >= 0.6 is 24.0 Å². The van der Waals surface area contributed by atoms with Crippen LogP contribution < -0.4 is 15.4 Å². The molecule has 2 N–H and O–H groups in total. The number of aliphatic imine (C=N–C) groups is 1. The van der Waals surface area contributed by atoms with E-state index < -0.39 is 12.7 Å². The monoisotopic (exact) mass is 570 g/mol. The number of hydrogen-bond donors (Lipinski definition) is 2. The van der Waals surface area contributed by atoms with Gasteiger partial charge in [-0.3, -0.25) is 9.89 Å². The minimum atomic E-state index is -4.16. The summed E-state index contributed by atoms with van der Waals surface area (Å²) in [6.45, 7) is 4.57. The number of nitrogens with zero attached hydrogens (tertiary/aromatic N) is 2. The molecule has 0 radical (unpaired) electrons. The van der Waals surface area contributed by atoms with E-state index in [-0.39, 0.29) is 35.4 Å². The minimum Gasteiger partial charge on any atom is -0.494 e. The van der Waals surface area contributed by atoms with Crippen molar-refractivity contribution in [2.24, 2.45) is 4.99 Å². The lowest BCUT2D eigenvalue weighted by molar-refractivity contribution is -0.143. The molecule has 2 saturated heterocycles. The lowest BCUT2D eigenvalue weighted by atomic mass is 9.74. The van der Waals surface area contributed by atoms with E-state index in [2.05, 4.69) is 27.8 Å². The molecule has 3 rings (SSSR count). The Bertz CT molecular complexity index is 725. The van der Waals surface area contributed by atoms with Crippen LogP contribution in [0.1, 0.15) is 31.7 Å². The Hall–Kier alpha value is -1.27. The highest BCUT2D eigenvalue weighted by atomic mass is 127. The Morgan fingerprint density at radius 3 is 2.53 bits per heavy atom. The number of nitrogens with one attached hydrogen (secondary N) is 2. The zero-order valence-corrected chi connectivity index (χ0v) is 21.0. The molecule has 0 amide bonds. The van der Waals surface area contributed by atoms with Crippen LogP contribution in [-0.2, 0) is 10.2 Å². The number of alkyl halides is 3. The Kier molecular flexibility index (Phi) is 10.3. The molecule has 2 heterocycles. The molecule has 10 heteroatoms. The topological polar surface area (TPSA) is 58.1 Å². The predicted octanol–water partition coefficient (Wildman–Crippen LogP) is 3.55. The third-order valence-corrected chi connectivity index (χ3v) is 6.06. The second kappa shape index (κ2) is 12.3. The van der Waals surface area contributed by atoms with Crippen LogP contribution in [0.5, 0.6) is 5.75 Å². The zero-order chi connectivity index (χ0) is 22.3. The summed E-state index contributed by atoms with van der Waals surface area (Å²) in [5.41, 5.74) is 1.12. The third-order valence-electron chi connectivity index (χ3n) is 6.06. The van der Waals surface area contributed by atoms with Crippen LogP contribution in [0.2, 0.25) is 0 Å². The fourth-order valence-electron chi connectivity index (χ4n) is 4.39. The molecule has 0 aromatic heterocycles. The summed E-state index contributed by atoms with van der Waals surface area (Å²) in [5.74, 6) is 1.47. The van der Waals surface area contributed by atoms with Gasteiger partial charge in [0, 0.05) is 51.4 Å². The van der Waals surface area contributed by atoms with Gasteiger partial charge in [0.25, 0.3) is 0 Å². The first-order valence-electron chi connectivity index (χ1n) is 10.9. The molecule has 6 nitrogen and oxygen atoms in total. The van der Waals surface area contributed by atoms with Crippen LogP contribution in [-0.4, -0.2) is 76.1 Å². The number of rotatable bonds is 7. The SMILES string of the molecule is CCOc1ccc(C2(CNC(=NC)NC3CCN(CC(F)(F)F)C3)CCOCC2)cc1.I. The lowest BCUT2D eigenvalue weighted by Gasteiger charge is -2.38. The summed E-state index contributed by atoms with van der Waals surface area (Å²) in [5, 5.41) is 6.71. The largest absolute Gasteiger partial charge is 0.494 e. The van der Waals surface area contributed by atoms with E-state index >= 15 is 0 Å². The number of guanidine groups is 1. The summed E-state index contributed by atoms with van der Waals surface area (Å²) >= 11 is 0. The molecule has 1 aromatic carbocycles. The van der Waals surface area contributed by atoms with Crippen LogP contribution in [0.15, 0.2) is 29.3 Å². The number of benzene rings is 1. The maximum atomic E-state index is 12.6. The maximum absolute atomic E-state index is 12.6. The first kappa shape index (κ1) is 27.0. The number of halogens is 4. The molecule has 0 aliphatic carbocycles. The summed E-state index contributed by atoms with van der Waals surface area (Å²) < 4.78 is 49.1. The maximum Gasteiger partial charge on any atom is 0.401 e. The summed E-state index contributed by atoms with van der Waals surface area (Å²) in [6, 6.07) is 8.17. The molecular weight excluding hydrogens is 536 g/mol. The van der Waals surface area contributed by atoms with Crippen LogP contribution in [0.4, 0.5) is 13.2 Å². The summed E-state index contributed by atoms with van der Waals surface area (Å²) in [6.07, 6.45) is -1.74. The van der Waals surface area contributed by atoms with Crippen molar-refractivity contribution in [3.05, 3.63) is 29.8 Å². The van der Waals surface area contributed by atoms with Gasteiger partial charge in [0.1, 0.15) is 5.75 Å². The molecule has 32 heavy (non-hydrogen) atoms. The first-order chi connectivity index (χ1) is 14.8. The van der Waals surface area contributed by atoms with Gasteiger partial charge in [-0.2, -0.15) is 13.2 Å². The molecule has 2 aliphatic rings. The molecule has 0 spiro atoms. The number of hydrogen-bond acceptors (Lipinski definition) is 4. The normalized spacial score (nSPS) is 21.7. The molecule has 1 atom stereocenters. The van der Waals surface area contributed by atoms with E-state index in [1.165, 1.54) is 10.5 Å². The van der Waals surface area contributed by atoms with Gasteiger partial charge in [0.15, 0.2) is 5.96 Å². The second-order valence-electron chi connectivity index (χ2n) is 8.26. The van der Waals surface area contributed by atoms with Crippen molar-refractivity contribution in [3.63, 3.8) is 0 Å². The highest BCUT2D eigenvalue weighted by Gasteiger charge is 2.36. The summed E-state index contributed by atoms with van der Waals surface area (Å²) in [4.78, 5) is 5.74. The van der Waals surface area contributed by atoms with E-state index in [1.807, 2.05) is 19.1 Å². The highest BCUT2D eigenvalue weighted by molar-refractivity contribution is 14.0. The van der Waals surface area contributed by atoms with Crippen LogP contribution in [0.25, 0.3) is 0 Å². The van der Waals surface area contributed by atoms with Gasteiger partial charge in [-0.05, 0) is 43.9 Å². The fourth-order valence-corrected chi connectivity index (χ4v) is 4.39. The van der Waals surface area contributed by atoms with E-state index in [1.54, 1.807) is 7.05 Å². The summed E-state index contributed by atoms with van der Waals surface area (Å²) in [7, 11) is 1.69. The van der Waals surface area contributed by atoms with Gasteiger partial charge in [-0.1, -0.05) is 12.1 Å². The molecule has 1 aromatic rings. The molecule has 0 saturated carbocycles. The van der Waals surface area contributed by atoms with Gasteiger partial charge < -0.3 is 20.1 Å². The fraction of sp³-hybridized carbons (Fsp3) is 0.682. The van der Waals surface area contributed by atoms with Crippen LogP contribution in [0.3, 0.4) is 0 Å². The van der Waals surface area contributed by atoms with Crippen molar-refractivity contribution >= 4 is 29.9 Å². The second-order valence-corrected chi connectivity index (χ2v) is 8.26. The number of likely N-dealkylation sites (tertiary alicyclic amines) is 1.